The third kappa shape index (κ3) is 7.27. The van der Waals surface area contributed by atoms with Crippen molar-refractivity contribution < 1.29 is 43.7 Å². The van der Waals surface area contributed by atoms with Crippen LogP contribution in [0.1, 0.15) is 50.7 Å². The summed E-state index contributed by atoms with van der Waals surface area (Å²) in [7, 11) is -10.3. The summed E-state index contributed by atoms with van der Waals surface area (Å²) in [6, 6.07) is 11.4. The number of carbonyl (C=O) groups is 1. The van der Waals surface area contributed by atoms with E-state index in [0.29, 0.717) is 12.8 Å². The van der Waals surface area contributed by atoms with Crippen LogP contribution in [0.5, 0.6) is 11.5 Å². The molecular weight excluding hydrogens is 484 g/mol. The Morgan fingerprint density at radius 1 is 0.853 bits per heavy atom. The zero-order valence-electron chi connectivity index (χ0n) is 18.7. The van der Waals surface area contributed by atoms with Gasteiger partial charge < -0.3 is 35.1 Å². The van der Waals surface area contributed by atoms with Crippen LogP contribution in [0.4, 0.5) is 5.69 Å². The van der Waals surface area contributed by atoms with E-state index in [1.807, 2.05) is 13.8 Å². The van der Waals surface area contributed by atoms with Crippen LogP contribution in [-0.2, 0) is 13.9 Å². The highest BCUT2D eigenvalue weighted by molar-refractivity contribution is 7.70. The molecule has 2 rings (SSSR count). The van der Waals surface area contributed by atoms with Crippen molar-refractivity contribution in [3.05, 3.63) is 53.6 Å². The number of nitrogens with one attached hydrogen (secondary N) is 1. The molecule has 7 N–H and O–H groups in total. The van der Waals surface area contributed by atoms with Gasteiger partial charge in [-0.2, -0.15) is 0 Å². The van der Waals surface area contributed by atoms with Crippen LogP contribution in [-0.4, -0.2) is 41.1 Å². The number of allylic oxidation sites excluding steroid dienone is 2. The Morgan fingerprint density at radius 3 is 1.85 bits per heavy atom. The zero-order chi connectivity index (χ0) is 25.7. The Hall–Kier alpha value is -2.45. The first-order chi connectivity index (χ1) is 15.8. The van der Waals surface area contributed by atoms with Crippen LogP contribution < -0.4 is 5.32 Å². The molecule has 186 valence electrons. The molecule has 2 aromatic rings. The standard InChI is InChI=1S/C22H29NO9P2/c1-3-17(14-5-8-16(24)9-6-14)18(4-2)15-7-10-20(25)19(13-15)23-21(26)11-12-22(33(27,28)29)34(30,31)32/h5-10,13,22,24-25H,3-4,11-12H2,1-2H3,(H,23,26)(H2,27,28,29)(H2,30,31,32)/b18-17+. The second kappa shape index (κ2) is 11.3. The van der Waals surface area contributed by atoms with Crippen molar-refractivity contribution >= 4 is 37.9 Å². The summed E-state index contributed by atoms with van der Waals surface area (Å²) >= 11 is 0. The Balaban J connectivity index is 2.31. The monoisotopic (exact) mass is 513 g/mol. The lowest BCUT2D eigenvalue weighted by molar-refractivity contribution is -0.116. The number of amides is 1. The van der Waals surface area contributed by atoms with E-state index in [9.17, 15) is 43.7 Å². The van der Waals surface area contributed by atoms with E-state index >= 15 is 0 Å². The average molecular weight is 513 g/mol. The molecule has 0 fully saturated rings. The molecule has 0 aliphatic heterocycles. The molecule has 1 amide bonds. The number of rotatable bonds is 10. The number of phenolic OH excluding ortho intramolecular Hbond substituents is 2. The van der Waals surface area contributed by atoms with Gasteiger partial charge in [0.2, 0.25) is 5.91 Å². The molecule has 2 aromatic carbocycles. The third-order valence-electron chi connectivity index (χ3n) is 5.31. The number of aromatic hydroxyl groups is 2. The van der Waals surface area contributed by atoms with Gasteiger partial charge in [0.15, 0.2) is 5.40 Å². The van der Waals surface area contributed by atoms with Crippen molar-refractivity contribution in [2.75, 3.05) is 5.32 Å². The molecular formula is C22H29NO9P2. The van der Waals surface area contributed by atoms with Gasteiger partial charge in [-0.3, -0.25) is 13.9 Å². The topological polar surface area (TPSA) is 185 Å². The molecule has 34 heavy (non-hydrogen) atoms. The van der Waals surface area contributed by atoms with Crippen molar-refractivity contribution in [1.82, 2.24) is 0 Å². The fourth-order valence-corrected chi connectivity index (χ4v) is 6.17. The quantitative estimate of drug-likeness (QED) is 0.139. The summed E-state index contributed by atoms with van der Waals surface area (Å²) in [4.78, 5) is 49.1. The summed E-state index contributed by atoms with van der Waals surface area (Å²) < 4.78 is 22.8. The minimum Gasteiger partial charge on any atom is -0.508 e. The number of phenols is 2. The maximum absolute atomic E-state index is 12.4. The molecule has 0 aromatic heterocycles. The first-order valence-corrected chi connectivity index (χ1v) is 13.9. The van der Waals surface area contributed by atoms with Crippen molar-refractivity contribution in [2.45, 2.75) is 44.9 Å². The predicted molar refractivity (Wildman–Crippen MR) is 129 cm³/mol. The molecule has 12 heteroatoms. The van der Waals surface area contributed by atoms with E-state index in [4.69, 9.17) is 0 Å². The fraction of sp³-hybridized carbons (Fsp3) is 0.318. The number of hydrogen-bond donors (Lipinski definition) is 7. The normalized spacial score (nSPS) is 13.0. The average Bonchev–Trinajstić information content (AvgIpc) is 2.72. The lowest BCUT2D eigenvalue weighted by atomic mass is 9.91. The van der Waals surface area contributed by atoms with Gasteiger partial charge in [-0.25, -0.2) is 0 Å². The van der Waals surface area contributed by atoms with Crippen LogP contribution in [0.2, 0.25) is 0 Å². The molecule has 0 radical (unpaired) electrons. The van der Waals surface area contributed by atoms with E-state index in [0.717, 1.165) is 22.3 Å². The minimum atomic E-state index is -5.13. The van der Waals surface area contributed by atoms with Gasteiger partial charge in [0, 0.05) is 6.42 Å². The summed E-state index contributed by atoms with van der Waals surface area (Å²) in [5.41, 5.74) is 3.66. The number of hydrogen-bond acceptors (Lipinski definition) is 5. The molecule has 0 heterocycles. The fourth-order valence-electron chi connectivity index (χ4n) is 3.68. The second-order valence-corrected chi connectivity index (χ2v) is 11.7. The highest BCUT2D eigenvalue weighted by atomic mass is 31.2. The first kappa shape index (κ1) is 27.8. The largest absolute Gasteiger partial charge is 0.508 e. The molecule has 0 aliphatic rings. The first-order valence-electron chi connectivity index (χ1n) is 10.5. The second-order valence-electron chi connectivity index (χ2n) is 7.69. The molecule has 0 aliphatic carbocycles. The van der Waals surface area contributed by atoms with Gasteiger partial charge in [0.1, 0.15) is 11.5 Å². The van der Waals surface area contributed by atoms with Gasteiger partial charge in [0.05, 0.1) is 5.69 Å². The van der Waals surface area contributed by atoms with Crippen molar-refractivity contribution in [1.29, 1.82) is 0 Å². The van der Waals surface area contributed by atoms with Gasteiger partial charge in [-0.05, 0) is 65.8 Å². The predicted octanol–water partition coefficient (Wildman–Crippen LogP) is 4.23. The van der Waals surface area contributed by atoms with Crippen molar-refractivity contribution in [2.24, 2.45) is 0 Å². The smallest absolute Gasteiger partial charge is 0.340 e. The van der Waals surface area contributed by atoms with Crippen molar-refractivity contribution in [3.63, 3.8) is 0 Å². The van der Waals surface area contributed by atoms with Gasteiger partial charge in [-0.15, -0.1) is 0 Å². The maximum atomic E-state index is 12.4. The van der Waals surface area contributed by atoms with Gasteiger partial charge >= 0.3 is 15.2 Å². The molecule has 10 nitrogen and oxygen atoms in total. The molecule has 0 spiro atoms. The number of carbonyl (C=O) groups excluding carboxylic acids is 1. The van der Waals surface area contributed by atoms with E-state index in [1.165, 1.54) is 6.07 Å². The van der Waals surface area contributed by atoms with E-state index in [2.05, 4.69) is 5.32 Å². The Kier molecular flexibility index (Phi) is 9.25. The summed E-state index contributed by atoms with van der Waals surface area (Å²) in [6.07, 6.45) is 0.00760. The Morgan fingerprint density at radius 2 is 1.35 bits per heavy atom. The number of benzene rings is 2. The molecule has 0 unspecified atom stereocenters. The van der Waals surface area contributed by atoms with E-state index in [1.54, 1.807) is 36.4 Å². The van der Waals surface area contributed by atoms with Crippen LogP contribution in [0.15, 0.2) is 42.5 Å². The molecule has 0 bridgehead atoms. The van der Waals surface area contributed by atoms with Crippen LogP contribution in [0.25, 0.3) is 11.1 Å². The summed E-state index contributed by atoms with van der Waals surface area (Å²) in [5, 5.41) is 19.9. The van der Waals surface area contributed by atoms with Crippen LogP contribution >= 0.6 is 15.2 Å². The molecule has 0 saturated heterocycles. The summed E-state index contributed by atoms with van der Waals surface area (Å²) in [6.45, 7) is 3.94. The lowest BCUT2D eigenvalue weighted by Gasteiger charge is -2.19. The number of anilines is 1. The zero-order valence-corrected chi connectivity index (χ0v) is 20.5. The van der Waals surface area contributed by atoms with Crippen molar-refractivity contribution in [3.8, 4) is 11.5 Å². The SMILES string of the molecule is CC/C(=C(/CC)c1ccc(O)c(NC(=O)CCC(P(=O)(O)O)P(=O)(O)O)c1)c1ccc(O)cc1. The molecule has 0 atom stereocenters. The maximum Gasteiger partial charge on any atom is 0.340 e. The van der Waals surface area contributed by atoms with Gasteiger partial charge in [-0.1, -0.05) is 32.0 Å². The third-order valence-corrected chi connectivity index (χ3v) is 9.19. The molecule has 0 saturated carbocycles. The Labute approximate surface area is 197 Å². The summed E-state index contributed by atoms with van der Waals surface area (Å²) in [5.74, 6) is -0.862. The highest BCUT2D eigenvalue weighted by Crippen LogP contribution is 2.61. The van der Waals surface area contributed by atoms with E-state index in [-0.39, 0.29) is 17.2 Å². The highest BCUT2D eigenvalue weighted by Gasteiger charge is 2.43. The Bertz CT molecular complexity index is 1130. The minimum absolute atomic E-state index is 0.0542. The van der Waals surface area contributed by atoms with Crippen LogP contribution in [0.3, 0.4) is 0 Å². The van der Waals surface area contributed by atoms with Gasteiger partial charge in [0.25, 0.3) is 0 Å². The van der Waals surface area contributed by atoms with E-state index < -0.39 is 39.3 Å². The lowest BCUT2D eigenvalue weighted by Crippen LogP contribution is -2.16. The van der Waals surface area contributed by atoms with Crippen LogP contribution in [0, 0.1) is 0 Å².